The first-order valence-electron chi connectivity index (χ1n) is 11.5. The van der Waals surface area contributed by atoms with Crippen molar-refractivity contribution in [2.75, 3.05) is 5.01 Å². The zero-order valence-corrected chi connectivity index (χ0v) is 22.3. The number of rotatable bonds is 5. The standard InChI is InChI=1S/C27H30ClN3O6/c1-26(2,3)36-24(34)31(25(35)37-27(4,5)6)30(21-11-10-19-16-29-13-12-17(19)15-21)22(23(32)33)18-8-7-9-20(28)14-18/h7-16,22H,1-6H3,(H,32,33). The highest BCUT2D eigenvalue weighted by Crippen LogP contribution is 2.34. The van der Waals surface area contributed by atoms with Crippen molar-refractivity contribution in [2.45, 2.75) is 58.8 Å². The molecule has 1 N–H and O–H groups in total. The first-order valence-corrected chi connectivity index (χ1v) is 11.9. The fourth-order valence-electron chi connectivity index (χ4n) is 3.52. The number of halogens is 1. The summed E-state index contributed by atoms with van der Waals surface area (Å²) >= 11 is 6.19. The number of aromatic nitrogens is 1. The highest BCUT2D eigenvalue weighted by Gasteiger charge is 2.42. The average Bonchev–Trinajstić information content (AvgIpc) is 2.75. The summed E-state index contributed by atoms with van der Waals surface area (Å²) in [6, 6.07) is 11.3. The van der Waals surface area contributed by atoms with E-state index in [1.54, 1.807) is 96.4 Å². The predicted molar refractivity (Wildman–Crippen MR) is 140 cm³/mol. The van der Waals surface area contributed by atoms with Crippen molar-refractivity contribution in [3.05, 3.63) is 71.5 Å². The summed E-state index contributed by atoms with van der Waals surface area (Å²) < 4.78 is 11.1. The van der Waals surface area contributed by atoms with Crippen molar-refractivity contribution in [1.29, 1.82) is 0 Å². The number of hydrazine groups is 1. The summed E-state index contributed by atoms with van der Waals surface area (Å²) in [6.07, 6.45) is 1.02. The van der Waals surface area contributed by atoms with Crippen LogP contribution in [-0.2, 0) is 14.3 Å². The molecule has 0 aliphatic rings. The van der Waals surface area contributed by atoms with Crippen LogP contribution in [0.25, 0.3) is 10.8 Å². The molecule has 196 valence electrons. The van der Waals surface area contributed by atoms with Crippen LogP contribution in [0.15, 0.2) is 60.9 Å². The molecule has 10 heteroatoms. The lowest BCUT2D eigenvalue weighted by Crippen LogP contribution is -2.56. The van der Waals surface area contributed by atoms with Crippen molar-refractivity contribution >= 4 is 46.2 Å². The van der Waals surface area contributed by atoms with Crippen molar-refractivity contribution in [3.63, 3.8) is 0 Å². The number of ether oxygens (including phenoxy) is 2. The van der Waals surface area contributed by atoms with E-state index in [2.05, 4.69) is 4.98 Å². The van der Waals surface area contributed by atoms with Crippen molar-refractivity contribution in [3.8, 4) is 0 Å². The Balaban J connectivity index is 2.31. The molecule has 0 saturated heterocycles. The van der Waals surface area contributed by atoms with Gasteiger partial charge in [-0.15, -0.1) is 5.01 Å². The second-order valence-electron chi connectivity index (χ2n) is 10.3. The van der Waals surface area contributed by atoms with Crippen LogP contribution in [0.2, 0.25) is 5.02 Å². The molecule has 1 aromatic heterocycles. The minimum atomic E-state index is -1.56. The van der Waals surface area contributed by atoms with Gasteiger partial charge in [-0.1, -0.05) is 29.8 Å². The van der Waals surface area contributed by atoms with Gasteiger partial charge in [0.2, 0.25) is 0 Å². The fraction of sp³-hybridized carbons (Fsp3) is 0.333. The van der Waals surface area contributed by atoms with Gasteiger partial charge in [0.05, 0.1) is 5.69 Å². The maximum Gasteiger partial charge on any atom is 0.439 e. The third kappa shape index (κ3) is 7.10. The van der Waals surface area contributed by atoms with Gasteiger partial charge < -0.3 is 14.6 Å². The van der Waals surface area contributed by atoms with E-state index >= 15 is 0 Å². The predicted octanol–water partition coefficient (Wildman–Crippen LogP) is 6.61. The van der Waals surface area contributed by atoms with E-state index in [4.69, 9.17) is 21.1 Å². The maximum absolute atomic E-state index is 13.5. The zero-order chi connectivity index (χ0) is 27.5. The highest BCUT2D eigenvalue weighted by molar-refractivity contribution is 6.30. The van der Waals surface area contributed by atoms with Crippen LogP contribution in [0.5, 0.6) is 0 Å². The molecular formula is C27H30ClN3O6. The first kappa shape index (κ1) is 27.7. The van der Waals surface area contributed by atoms with E-state index in [9.17, 15) is 19.5 Å². The number of aliphatic carboxylic acids is 1. The van der Waals surface area contributed by atoms with Crippen LogP contribution in [0.4, 0.5) is 15.3 Å². The lowest BCUT2D eigenvalue weighted by Gasteiger charge is -2.39. The van der Waals surface area contributed by atoms with Gasteiger partial charge in [0.25, 0.3) is 0 Å². The number of imide groups is 1. The largest absolute Gasteiger partial charge is 0.479 e. The molecule has 1 heterocycles. The molecule has 0 bridgehead atoms. The van der Waals surface area contributed by atoms with E-state index in [0.29, 0.717) is 10.4 Å². The molecule has 9 nitrogen and oxygen atoms in total. The van der Waals surface area contributed by atoms with Gasteiger partial charge in [-0.05, 0) is 82.8 Å². The molecule has 0 spiro atoms. The maximum atomic E-state index is 13.5. The Labute approximate surface area is 220 Å². The molecule has 37 heavy (non-hydrogen) atoms. The Morgan fingerprint density at radius 3 is 2.05 bits per heavy atom. The highest BCUT2D eigenvalue weighted by atomic mass is 35.5. The first-order chi connectivity index (χ1) is 17.2. The Kier molecular flexibility index (Phi) is 7.97. The van der Waals surface area contributed by atoms with E-state index in [1.807, 2.05) is 0 Å². The second-order valence-corrected chi connectivity index (χ2v) is 10.8. The summed E-state index contributed by atoms with van der Waals surface area (Å²) in [7, 11) is 0. The van der Waals surface area contributed by atoms with Crippen molar-refractivity contribution in [1.82, 2.24) is 9.99 Å². The summed E-state index contributed by atoms with van der Waals surface area (Å²) in [6.45, 7) is 9.82. The van der Waals surface area contributed by atoms with Gasteiger partial charge >= 0.3 is 18.2 Å². The van der Waals surface area contributed by atoms with Gasteiger partial charge in [0.1, 0.15) is 11.2 Å². The Bertz CT molecular complexity index is 1290. The number of anilines is 1. The number of pyridine rings is 1. The van der Waals surface area contributed by atoms with Gasteiger partial charge in [-0.3, -0.25) is 9.99 Å². The van der Waals surface area contributed by atoms with Crippen molar-refractivity contribution < 1.29 is 29.0 Å². The third-order valence-electron chi connectivity index (χ3n) is 4.88. The quantitative estimate of drug-likeness (QED) is 0.369. The number of hydrogen-bond acceptors (Lipinski definition) is 7. The van der Waals surface area contributed by atoms with Gasteiger partial charge in [0.15, 0.2) is 6.04 Å². The molecular weight excluding hydrogens is 498 g/mol. The monoisotopic (exact) mass is 527 g/mol. The topological polar surface area (TPSA) is 109 Å². The van der Waals surface area contributed by atoms with E-state index in [0.717, 1.165) is 10.4 Å². The van der Waals surface area contributed by atoms with E-state index in [1.165, 1.54) is 6.07 Å². The number of carboxylic acid groups (broad SMARTS) is 1. The minimum Gasteiger partial charge on any atom is -0.479 e. The minimum absolute atomic E-state index is 0.225. The van der Waals surface area contributed by atoms with Crippen LogP contribution in [0, 0.1) is 0 Å². The molecule has 0 aliphatic carbocycles. The van der Waals surface area contributed by atoms with Crippen LogP contribution < -0.4 is 5.01 Å². The number of hydrogen-bond donors (Lipinski definition) is 1. The second kappa shape index (κ2) is 10.6. The number of amides is 2. The third-order valence-corrected chi connectivity index (χ3v) is 5.12. The smallest absolute Gasteiger partial charge is 0.439 e. The number of carbonyl (C=O) groups is 3. The normalized spacial score (nSPS) is 12.5. The molecule has 2 aromatic carbocycles. The van der Waals surface area contributed by atoms with Gasteiger partial charge in [-0.25, -0.2) is 14.4 Å². The average molecular weight is 528 g/mol. The van der Waals surface area contributed by atoms with Crippen LogP contribution in [-0.4, -0.2) is 44.5 Å². The molecule has 1 unspecified atom stereocenters. The van der Waals surface area contributed by atoms with Crippen LogP contribution in [0.3, 0.4) is 0 Å². The Morgan fingerprint density at radius 2 is 1.51 bits per heavy atom. The molecule has 3 rings (SSSR count). The Morgan fingerprint density at radius 1 is 0.892 bits per heavy atom. The van der Waals surface area contributed by atoms with Gasteiger partial charge in [-0.2, -0.15) is 0 Å². The zero-order valence-electron chi connectivity index (χ0n) is 21.6. The SMILES string of the molecule is CC(C)(C)OC(=O)N(C(=O)OC(C)(C)C)N(c1ccc2cnccc2c1)C(C(=O)O)c1cccc(Cl)c1. The fourth-order valence-corrected chi connectivity index (χ4v) is 3.72. The van der Waals surface area contributed by atoms with Crippen molar-refractivity contribution in [2.24, 2.45) is 0 Å². The number of fused-ring (bicyclic) bond motifs is 1. The number of carboxylic acids is 1. The number of nitrogens with zero attached hydrogens (tertiary/aromatic N) is 3. The molecule has 1 atom stereocenters. The summed E-state index contributed by atoms with van der Waals surface area (Å²) in [4.78, 5) is 43.9. The lowest BCUT2D eigenvalue weighted by atomic mass is 10.0. The van der Waals surface area contributed by atoms with E-state index in [-0.39, 0.29) is 16.3 Å². The molecule has 0 fully saturated rings. The van der Waals surface area contributed by atoms with Crippen LogP contribution in [0.1, 0.15) is 53.1 Å². The number of benzene rings is 2. The Hall–Kier alpha value is -3.85. The lowest BCUT2D eigenvalue weighted by molar-refractivity contribution is -0.139. The summed E-state index contributed by atoms with van der Waals surface area (Å²) in [5.41, 5.74) is -1.53. The van der Waals surface area contributed by atoms with Crippen LogP contribution >= 0.6 is 11.6 Å². The molecule has 0 saturated carbocycles. The molecule has 2 amide bonds. The molecule has 3 aromatic rings. The number of carbonyl (C=O) groups excluding carboxylic acids is 2. The van der Waals surface area contributed by atoms with Gasteiger partial charge in [0, 0.05) is 22.8 Å². The molecule has 0 aliphatic heterocycles. The summed E-state index contributed by atoms with van der Waals surface area (Å²) in [5.74, 6) is -1.34. The summed E-state index contributed by atoms with van der Waals surface area (Å²) in [5, 5.41) is 13.8. The molecule has 0 radical (unpaired) electrons. The van der Waals surface area contributed by atoms with E-state index < -0.39 is 35.4 Å².